The Balaban J connectivity index is 1.23. The van der Waals surface area contributed by atoms with Crippen LogP contribution in [0.3, 0.4) is 0 Å². The largest absolute Gasteiger partial charge is 0.307 e. The van der Waals surface area contributed by atoms with Gasteiger partial charge in [0.25, 0.3) is 0 Å². The molecule has 0 atom stereocenters. The zero-order valence-electron chi connectivity index (χ0n) is 34.5. The monoisotopic (exact) mass is 838 g/mol. The molecule has 0 N–H and O–H groups in total. The number of benzene rings is 10. The molecule has 0 amide bonds. The third-order valence-corrected chi connectivity index (χ3v) is 11.9. The summed E-state index contributed by atoms with van der Waals surface area (Å²) in [5.74, 6) is -2.98. The average molecular weight is 839 g/mol. The number of halogens is 4. The van der Waals surface area contributed by atoms with E-state index in [1.807, 2.05) is 86.6 Å². The molecule has 0 aliphatic carbocycles. The van der Waals surface area contributed by atoms with Crippen LogP contribution in [0, 0.1) is 59.8 Å². The van der Waals surface area contributed by atoms with Crippen molar-refractivity contribution in [3.05, 3.63) is 215 Å². The Morgan fingerprint density at radius 3 is 1.09 bits per heavy atom. The maximum atomic E-state index is 16.5. The van der Waals surface area contributed by atoms with Crippen molar-refractivity contribution in [3.63, 3.8) is 0 Å². The van der Waals surface area contributed by atoms with Gasteiger partial charge in [-0.2, -0.15) is 10.5 Å². The first kappa shape index (κ1) is 39.7. The van der Waals surface area contributed by atoms with Gasteiger partial charge in [-0.25, -0.2) is 17.6 Å². The first-order chi connectivity index (χ1) is 31.1. The highest BCUT2D eigenvalue weighted by Gasteiger charge is 2.26. The Labute approximate surface area is 366 Å². The number of nitrogens with zero attached hydrogens (tertiary/aromatic N) is 4. The van der Waals surface area contributed by atoms with Crippen molar-refractivity contribution in [1.29, 1.82) is 10.5 Å². The van der Waals surface area contributed by atoms with Gasteiger partial charge in [-0.15, -0.1) is 0 Å². The van der Waals surface area contributed by atoms with E-state index in [2.05, 4.69) is 12.1 Å². The van der Waals surface area contributed by atoms with Crippen LogP contribution < -0.4 is 9.80 Å². The number of aryl methyl sites for hydroxylation is 2. The Kier molecular flexibility index (Phi) is 9.78. The molecule has 64 heavy (non-hydrogen) atoms. The summed E-state index contributed by atoms with van der Waals surface area (Å²) in [4.78, 5) is 3.48. The zero-order valence-corrected chi connectivity index (χ0v) is 34.5. The lowest BCUT2D eigenvalue weighted by molar-refractivity contribution is 0.586. The van der Waals surface area contributed by atoms with E-state index in [9.17, 15) is 10.5 Å². The fraction of sp³-hybridized carbons (Fsp3) is 0.0357. The van der Waals surface area contributed by atoms with E-state index < -0.39 is 23.3 Å². The standard InChI is InChI=1S/C56H34F4N4/c1-33-3-11-37(12-4-33)45-27-53(49(59)29-47(45)57)63(41-19-7-35(31-61)8-20-41)51-25-17-39-16-24-44-52(26-18-40-15-23-43(51)55(39)56(40)44)64(42-21-9-36(32-62)10-22-42)54-28-46(48(58)30-50(54)60)38-13-5-34(2)6-14-38/h3-30H,1-2H3. The third-order valence-electron chi connectivity index (χ3n) is 11.9. The zero-order chi connectivity index (χ0) is 44.2. The lowest BCUT2D eigenvalue weighted by Gasteiger charge is -2.30. The van der Waals surface area contributed by atoms with Crippen molar-refractivity contribution < 1.29 is 17.6 Å². The van der Waals surface area contributed by atoms with E-state index in [4.69, 9.17) is 0 Å². The van der Waals surface area contributed by atoms with Gasteiger partial charge >= 0.3 is 0 Å². The van der Waals surface area contributed by atoms with E-state index in [0.29, 0.717) is 45.0 Å². The van der Waals surface area contributed by atoms with Gasteiger partial charge in [0.2, 0.25) is 0 Å². The highest BCUT2D eigenvalue weighted by Crippen LogP contribution is 2.49. The molecule has 0 spiro atoms. The molecule has 0 saturated carbocycles. The summed E-state index contributed by atoms with van der Waals surface area (Å²) in [6.45, 7) is 3.88. The molecule has 10 rings (SSSR count). The number of nitriles is 2. The van der Waals surface area contributed by atoms with Crippen LogP contribution in [0.1, 0.15) is 22.3 Å². The molecule has 0 fully saturated rings. The molecule has 306 valence electrons. The minimum absolute atomic E-state index is 0.0977. The van der Waals surface area contributed by atoms with Gasteiger partial charge in [-0.05, 0) is 119 Å². The van der Waals surface area contributed by atoms with Gasteiger partial charge in [0, 0.05) is 45.4 Å². The van der Waals surface area contributed by atoms with Gasteiger partial charge < -0.3 is 9.80 Å². The summed E-state index contributed by atoms with van der Waals surface area (Å²) >= 11 is 0. The van der Waals surface area contributed by atoms with Crippen LogP contribution in [0.15, 0.2) is 170 Å². The molecular formula is C56H34F4N4. The summed E-state index contributed by atoms with van der Waals surface area (Å²) in [5, 5.41) is 24.3. The predicted molar refractivity (Wildman–Crippen MR) is 249 cm³/mol. The molecule has 0 aromatic heterocycles. The van der Waals surface area contributed by atoms with E-state index in [1.165, 1.54) is 12.1 Å². The molecule has 0 heterocycles. The van der Waals surface area contributed by atoms with E-state index >= 15 is 17.6 Å². The lowest BCUT2D eigenvalue weighted by Crippen LogP contribution is -2.14. The van der Waals surface area contributed by atoms with Crippen molar-refractivity contribution in [2.24, 2.45) is 0 Å². The molecule has 0 unspecified atom stereocenters. The second-order valence-corrected chi connectivity index (χ2v) is 15.9. The van der Waals surface area contributed by atoms with Crippen LogP contribution >= 0.6 is 0 Å². The van der Waals surface area contributed by atoms with Crippen LogP contribution in [0.4, 0.5) is 51.7 Å². The topological polar surface area (TPSA) is 54.1 Å². The summed E-state index contributed by atoms with van der Waals surface area (Å²) in [5.41, 5.74) is 6.90. The fourth-order valence-electron chi connectivity index (χ4n) is 8.67. The van der Waals surface area contributed by atoms with Crippen molar-refractivity contribution in [2.75, 3.05) is 9.80 Å². The van der Waals surface area contributed by atoms with E-state index in [-0.39, 0.29) is 22.5 Å². The maximum absolute atomic E-state index is 16.5. The first-order valence-corrected chi connectivity index (χ1v) is 20.5. The molecule has 4 nitrogen and oxygen atoms in total. The van der Waals surface area contributed by atoms with Crippen LogP contribution in [0.2, 0.25) is 0 Å². The highest BCUT2D eigenvalue weighted by molar-refractivity contribution is 6.28. The molecule has 0 radical (unpaired) electrons. The molecule has 0 saturated heterocycles. The van der Waals surface area contributed by atoms with E-state index in [1.54, 1.807) is 82.6 Å². The van der Waals surface area contributed by atoms with Crippen molar-refractivity contribution >= 4 is 66.4 Å². The Morgan fingerprint density at radius 2 is 0.734 bits per heavy atom. The van der Waals surface area contributed by atoms with E-state index in [0.717, 1.165) is 55.6 Å². The number of hydrogen-bond donors (Lipinski definition) is 0. The minimum Gasteiger partial charge on any atom is -0.307 e. The van der Waals surface area contributed by atoms with Gasteiger partial charge in [0.15, 0.2) is 0 Å². The normalized spacial score (nSPS) is 11.2. The van der Waals surface area contributed by atoms with Gasteiger partial charge in [0.1, 0.15) is 23.3 Å². The first-order valence-electron chi connectivity index (χ1n) is 20.5. The Bertz CT molecular complexity index is 3280. The quantitative estimate of drug-likeness (QED) is 0.113. The average Bonchev–Trinajstić information content (AvgIpc) is 3.31. The molecule has 10 aromatic carbocycles. The summed E-state index contributed by atoms with van der Waals surface area (Å²) in [6.07, 6.45) is 0. The second kappa shape index (κ2) is 15.8. The van der Waals surface area contributed by atoms with Crippen molar-refractivity contribution in [3.8, 4) is 34.4 Å². The third kappa shape index (κ3) is 6.79. The maximum Gasteiger partial charge on any atom is 0.150 e. The van der Waals surface area contributed by atoms with Crippen LogP contribution in [-0.4, -0.2) is 0 Å². The van der Waals surface area contributed by atoms with Crippen LogP contribution in [0.25, 0.3) is 54.6 Å². The van der Waals surface area contributed by atoms with Crippen molar-refractivity contribution in [2.45, 2.75) is 13.8 Å². The Hall–Kier alpha value is -8.46. The second-order valence-electron chi connectivity index (χ2n) is 15.9. The van der Waals surface area contributed by atoms with Gasteiger partial charge in [-0.3, -0.25) is 0 Å². The Morgan fingerprint density at radius 1 is 0.375 bits per heavy atom. The summed E-state index contributed by atoms with van der Waals surface area (Å²) < 4.78 is 64.4. The molecular weight excluding hydrogens is 805 g/mol. The fourth-order valence-corrected chi connectivity index (χ4v) is 8.67. The van der Waals surface area contributed by atoms with Crippen LogP contribution in [0.5, 0.6) is 0 Å². The number of anilines is 6. The molecule has 0 aliphatic rings. The lowest BCUT2D eigenvalue weighted by atomic mass is 9.91. The summed E-state index contributed by atoms with van der Waals surface area (Å²) in [7, 11) is 0. The number of rotatable bonds is 8. The summed E-state index contributed by atoms with van der Waals surface area (Å²) in [6, 6.07) is 53.0. The smallest absolute Gasteiger partial charge is 0.150 e. The predicted octanol–water partition coefficient (Wildman–Crippen LogP) is 15.8. The molecule has 8 heteroatoms. The van der Waals surface area contributed by atoms with Crippen molar-refractivity contribution in [1.82, 2.24) is 0 Å². The minimum atomic E-state index is -0.782. The highest BCUT2D eigenvalue weighted by atomic mass is 19.1. The molecule has 10 aromatic rings. The molecule has 0 aliphatic heterocycles. The molecule has 0 bridgehead atoms. The SMILES string of the molecule is Cc1ccc(-c2cc(N(c3ccc(C#N)cc3)c3ccc4ccc5c(N(c6ccc(C#N)cc6)c6cc(-c7ccc(C)cc7)c(F)cc6F)ccc6ccc3c4c65)c(F)cc2F)cc1. The van der Waals surface area contributed by atoms with Gasteiger partial charge in [0.05, 0.1) is 46.0 Å². The van der Waals surface area contributed by atoms with Crippen LogP contribution in [-0.2, 0) is 0 Å². The van der Waals surface area contributed by atoms with Gasteiger partial charge in [-0.1, -0.05) is 96.1 Å². The number of hydrogen-bond acceptors (Lipinski definition) is 4.